The molecule has 0 saturated carbocycles. The van der Waals surface area contributed by atoms with Gasteiger partial charge < -0.3 is 15.3 Å². The Morgan fingerprint density at radius 2 is 1.86 bits per heavy atom. The average molecular weight is 290 g/mol. The van der Waals surface area contributed by atoms with Gasteiger partial charge in [0.25, 0.3) is 0 Å². The third-order valence-corrected chi connectivity index (χ3v) is 4.24. The van der Waals surface area contributed by atoms with E-state index in [0.29, 0.717) is 18.5 Å². The summed E-state index contributed by atoms with van der Waals surface area (Å²) in [6.45, 7) is 9.14. The summed E-state index contributed by atoms with van der Waals surface area (Å²) in [6.07, 6.45) is 3.14. The van der Waals surface area contributed by atoms with Crippen LogP contribution in [0.15, 0.2) is 30.3 Å². The predicted octanol–water partition coefficient (Wildman–Crippen LogP) is 3.04. The molecule has 0 aliphatic carbocycles. The fourth-order valence-electron chi connectivity index (χ4n) is 3.30. The van der Waals surface area contributed by atoms with Crippen molar-refractivity contribution in [3.8, 4) is 0 Å². The van der Waals surface area contributed by atoms with Crippen LogP contribution in [0.1, 0.15) is 40.0 Å². The zero-order valence-corrected chi connectivity index (χ0v) is 13.7. The second-order valence-electron chi connectivity index (χ2n) is 7.07. The first-order valence-corrected chi connectivity index (χ1v) is 8.22. The molecular weight excluding hydrogens is 260 g/mol. The number of hydrogen-bond acceptors (Lipinski definition) is 3. The Morgan fingerprint density at radius 3 is 2.43 bits per heavy atom. The monoisotopic (exact) mass is 290 g/mol. The SMILES string of the molecule is CC(C)CC(C)(O)CNC1CCN(c2ccccc2)CC1. The highest BCUT2D eigenvalue weighted by Crippen LogP contribution is 2.20. The van der Waals surface area contributed by atoms with Gasteiger partial charge in [0.2, 0.25) is 0 Å². The summed E-state index contributed by atoms with van der Waals surface area (Å²) in [5, 5.41) is 13.9. The molecule has 0 radical (unpaired) electrons. The van der Waals surface area contributed by atoms with Crippen molar-refractivity contribution in [1.29, 1.82) is 0 Å². The molecule has 1 atom stereocenters. The highest BCUT2D eigenvalue weighted by Gasteiger charge is 2.25. The maximum atomic E-state index is 10.4. The van der Waals surface area contributed by atoms with E-state index in [4.69, 9.17) is 0 Å². The van der Waals surface area contributed by atoms with Gasteiger partial charge in [-0.3, -0.25) is 0 Å². The molecule has 3 heteroatoms. The first-order valence-electron chi connectivity index (χ1n) is 8.22. The number of nitrogens with zero attached hydrogens (tertiary/aromatic N) is 1. The Bertz CT molecular complexity index is 408. The van der Waals surface area contributed by atoms with Gasteiger partial charge in [0.1, 0.15) is 0 Å². The van der Waals surface area contributed by atoms with Crippen molar-refractivity contribution >= 4 is 5.69 Å². The van der Waals surface area contributed by atoms with Crippen LogP contribution in [0.3, 0.4) is 0 Å². The summed E-state index contributed by atoms with van der Waals surface area (Å²) >= 11 is 0. The molecule has 3 nitrogen and oxygen atoms in total. The molecule has 1 saturated heterocycles. The number of nitrogens with one attached hydrogen (secondary N) is 1. The molecule has 1 aromatic carbocycles. The molecule has 2 N–H and O–H groups in total. The molecule has 1 aliphatic heterocycles. The lowest BCUT2D eigenvalue weighted by Crippen LogP contribution is -2.48. The second-order valence-corrected chi connectivity index (χ2v) is 7.07. The molecule has 118 valence electrons. The van der Waals surface area contributed by atoms with Gasteiger partial charge >= 0.3 is 0 Å². The van der Waals surface area contributed by atoms with E-state index in [9.17, 15) is 5.11 Å². The number of para-hydroxylation sites is 1. The van der Waals surface area contributed by atoms with Crippen LogP contribution in [0.2, 0.25) is 0 Å². The van der Waals surface area contributed by atoms with Crippen LogP contribution >= 0.6 is 0 Å². The van der Waals surface area contributed by atoms with Crippen LogP contribution in [0.25, 0.3) is 0 Å². The van der Waals surface area contributed by atoms with Gasteiger partial charge in [-0.2, -0.15) is 0 Å². The topological polar surface area (TPSA) is 35.5 Å². The first kappa shape index (κ1) is 16.3. The summed E-state index contributed by atoms with van der Waals surface area (Å²) in [4.78, 5) is 2.45. The second kappa shape index (κ2) is 7.28. The lowest BCUT2D eigenvalue weighted by atomic mass is 9.93. The Kier molecular flexibility index (Phi) is 5.65. The quantitative estimate of drug-likeness (QED) is 0.845. The standard InChI is InChI=1S/C18H30N2O/c1-15(2)13-18(3,21)14-19-16-9-11-20(12-10-16)17-7-5-4-6-8-17/h4-8,15-16,19,21H,9-14H2,1-3H3. The summed E-state index contributed by atoms with van der Waals surface area (Å²) < 4.78 is 0. The van der Waals surface area contributed by atoms with E-state index in [-0.39, 0.29) is 0 Å². The van der Waals surface area contributed by atoms with Crippen LogP contribution < -0.4 is 10.2 Å². The number of hydrogen-bond donors (Lipinski definition) is 2. The summed E-state index contributed by atoms with van der Waals surface area (Å²) in [6, 6.07) is 11.2. The van der Waals surface area contributed by atoms with Crippen molar-refractivity contribution < 1.29 is 5.11 Å². The summed E-state index contributed by atoms with van der Waals surface area (Å²) in [7, 11) is 0. The third-order valence-electron chi connectivity index (χ3n) is 4.24. The van der Waals surface area contributed by atoms with Crippen LogP contribution in [-0.4, -0.2) is 36.4 Å². The molecule has 1 unspecified atom stereocenters. The van der Waals surface area contributed by atoms with E-state index in [0.717, 1.165) is 32.4 Å². The van der Waals surface area contributed by atoms with Crippen molar-refractivity contribution in [2.45, 2.75) is 51.7 Å². The van der Waals surface area contributed by atoms with E-state index in [1.54, 1.807) is 0 Å². The van der Waals surface area contributed by atoms with Crippen LogP contribution in [0.4, 0.5) is 5.69 Å². The van der Waals surface area contributed by atoms with Gasteiger partial charge in [0.15, 0.2) is 0 Å². The number of rotatable bonds is 6. The van der Waals surface area contributed by atoms with Gasteiger partial charge in [-0.25, -0.2) is 0 Å². The maximum Gasteiger partial charge on any atom is 0.0746 e. The molecular formula is C18H30N2O. The van der Waals surface area contributed by atoms with Crippen LogP contribution in [0.5, 0.6) is 0 Å². The predicted molar refractivity (Wildman–Crippen MR) is 89.8 cm³/mol. The minimum atomic E-state index is -0.593. The molecule has 0 bridgehead atoms. The molecule has 1 fully saturated rings. The largest absolute Gasteiger partial charge is 0.389 e. The molecule has 0 amide bonds. The highest BCUT2D eigenvalue weighted by atomic mass is 16.3. The van der Waals surface area contributed by atoms with Gasteiger partial charge in [-0.1, -0.05) is 32.0 Å². The summed E-state index contributed by atoms with van der Waals surface area (Å²) in [5.74, 6) is 0.529. The zero-order valence-electron chi connectivity index (χ0n) is 13.7. The molecule has 2 rings (SSSR count). The summed E-state index contributed by atoms with van der Waals surface area (Å²) in [5.41, 5.74) is 0.729. The highest BCUT2D eigenvalue weighted by molar-refractivity contribution is 5.46. The Labute approximate surface area is 129 Å². The minimum absolute atomic E-state index is 0.529. The lowest BCUT2D eigenvalue weighted by Gasteiger charge is -2.36. The van der Waals surface area contributed by atoms with Gasteiger partial charge in [-0.05, 0) is 44.2 Å². The van der Waals surface area contributed by atoms with Crippen molar-refractivity contribution in [3.63, 3.8) is 0 Å². The van der Waals surface area contributed by atoms with E-state index < -0.39 is 5.60 Å². The fourth-order valence-corrected chi connectivity index (χ4v) is 3.30. The molecule has 0 aromatic heterocycles. The molecule has 1 heterocycles. The van der Waals surface area contributed by atoms with Gasteiger partial charge in [-0.15, -0.1) is 0 Å². The molecule has 21 heavy (non-hydrogen) atoms. The van der Waals surface area contributed by atoms with Crippen molar-refractivity contribution in [3.05, 3.63) is 30.3 Å². The van der Waals surface area contributed by atoms with Gasteiger partial charge in [0.05, 0.1) is 5.60 Å². The average Bonchev–Trinajstić information content (AvgIpc) is 2.45. The van der Waals surface area contributed by atoms with Crippen molar-refractivity contribution in [2.24, 2.45) is 5.92 Å². The number of piperidine rings is 1. The van der Waals surface area contributed by atoms with E-state index in [1.807, 2.05) is 6.92 Å². The minimum Gasteiger partial charge on any atom is -0.389 e. The Morgan fingerprint density at radius 1 is 1.24 bits per heavy atom. The van der Waals surface area contributed by atoms with Gasteiger partial charge in [0, 0.05) is 31.4 Å². The number of benzene rings is 1. The van der Waals surface area contributed by atoms with Crippen molar-refractivity contribution in [2.75, 3.05) is 24.5 Å². The van der Waals surface area contributed by atoms with E-state index in [2.05, 4.69) is 54.4 Å². The smallest absolute Gasteiger partial charge is 0.0746 e. The van der Waals surface area contributed by atoms with Crippen molar-refractivity contribution in [1.82, 2.24) is 5.32 Å². The zero-order chi connectivity index (χ0) is 15.3. The lowest BCUT2D eigenvalue weighted by molar-refractivity contribution is 0.0351. The first-order chi connectivity index (χ1) is 9.96. The Hall–Kier alpha value is -1.06. The number of aliphatic hydroxyl groups is 1. The molecule has 1 aliphatic rings. The van der Waals surface area contributed by atoms with Crippen LogP contribution in [-0.2, 0) is 0 Å². The normalized spacial score (nSPS) is 19.8. The maximum absolute atomic E-state index is 10.4. The van der Waals surface area contributed by atoms with E-state index >= 15 is 0 Å². The molecule has 0 spiro atoms. The van der Waals surface area contributed by atoms with Crippen LogP contribution in [0, 0.1) is 5.92 Å². The van der Waals surface area contributed by atoms with E-state index in [1.165, 1.54) is 5.69 Å². The third kappa shape index (κ3) is 5.33. The Balaban J connectivity index is 1.74. The number of anilines is 1. The molecule has 1 aromatic rings. The fraction of sp³-hybridized carbons (Fsp3) is 0.667.